The first-order valence-electron chi connectivity index (χ1n) is 11.7. The van der Waals surface area contributed by atoms with Crippen LogP contribution < -0.4 is 4.74 Å². The Kier molecular flexibility index (Phi) is 8.02. The van der Waals surface area contributed by atoms with E-state index in [4.69, 9.17) is 27.9 Å². The number of carbonyl (C=O) groups is 2. The zero-order chi connectivity index (χ0) is 24.1. The van der Waals surface area contributed by atoms with Crippen LogP contribution in [0.15, 0.2) is 48.5 Å². The summed E-state index contributed by atoms with van der Waals surface area (Å²) in [5.41, 5.74) is 0.00419. The molecule has 0 spiro atoms. The summed E-state index contributed by atoms with van der Waals surface area (Å²) in [5, 5.41) is 0.707. The van der Waals surface area contributed by atoms with Crippen molar-refractivity contribution in [2.45, 2.75) is 19.3 Å². The van der Waals surface area contributed by atoms with Crippen molar-refractivity contribution in [3.8, 4) is 5.75 Å². The summed E-state index contributed by atoms with van der Waals surface area (Å²) in [6.07, 6.45) is 1.76. The van der Waals surface area contributed by atoms with Crippen LogP contribution in [0, 0.1) is 5.41 Å². The Morgan fingerprint density at radius 3 is 2.09 bits per heavy atom. The number of para-hydroxylation sites is 1. The number of rotatable bonds is 6. The topological polar surface area (TPSA) is 53.1 Å². The number of piperidine rings is 1. The molecule has 0 saturated carbocycles. The second-order valence-corrected chi connectivity index (χ2v) is 10.2. The van der Waals surface area contributed by atoms with E-state index < -0.39 is 0 Å². The van der Waals surface area contributed by atoms with Gasteiger partial charge >= 0.3 is 0 Å². The summed E-state index contributed by atoms with van der Waals surface area (Å²) in [5.74, 6) is 0.785. The molecule has 0 N–H and O–H groups in total. The molecule has 0 atom stereocenters. The van der Waals surface area contributed by atoms with E-state index in [0.717, 1.165) is 31.9 Å². The minimum atomic E-state index is -0.336. The molecule has 34 heavy (non-hydrogen) atoms. The number of ether oxygens (including phenoxy) is 1. The number of carbonyl (C=O) groups excluding carboxylic acids is 2. The summed E-state index contributed by atoms with van der Waals surface area (Å²) >= 11 is 12.6. The van der Waals surface area contributed by atoms with Crippen LogP contribution in [-0.2, 0) is 4.79 Å². The van der Waals surface area contributed by atoms with Gasteiger partial charge in [-0.1, -0.05) is 47.5 Å². The Bertz CT molecular complexity index is 981. The molecule has 0 radical (unpaired) electrons. The molecule has 8 heteroatoms. The number of halogens is 2. The van der Waals surface area contributed by atoms with Crippen molar-refractivity contribution in [3.63, 3.8) is 0 Å². The van der Waals surface area contributed by atoms with E-state index in [-0.39, 0.29) is 17.2 Å². The van der Waals surface area contributed by atoms with Gasteiger partial charge in [0.2, 0.25) is 5.91 Å². The van der Waals surface area contributed by atoms with Crippen molar-refractivity contribution in [2.24, 2.45) is 5.41 Å². The molecule has 0 aliphatic carbocycles. The Hall–Kier alpha value is -2.28. The van der Waals surface area contributed by atoms with Crippen LogP contribution in [0.5, 0.6) is 5.75 Å². The lowest BCUT2D eigenvalue weighted by Crippen LogP contribution is -2.51. The van der Waals surface area contributed by atoms with Gasteiger partial charge in [0.1, 0.15) is 5.75 Å². The first-order valence-corrected chi connectivity index (χ1v) is 12.5. The van der Waals surface area contributed by atoms with Crippen molar-refractivity contribution >= 4 is 35.0 Å². The predicted molar refractivity (Wildman–Crippen MR) is 135 cm³/mol. The van der Waals surface area contributed by atoms with Crippen molar-refractivity contribution < 1.29 is 14.3 Å². The van der Waals surface area contributed by atoms with Gasteiger partial charge in [0.25, 0.3) is 5.91 Å². The average molecular weight is 504 g/mol. The smallest absolute Gasteiger partial charge is 0.256 e. The normalized spacial score (nSPS) is 18.6. The second kappa shape index (κ2) is 11.0. The zero-order valence-corrected chi connectivity index (χ0v) is 21.0. The maximum atomic E-state index is 13.3. The van der Waals surface area contributed by atoms with Crippen LogP contribution in [0.25, 0.3) is 0 Å². The van der Waals surface area contributed by atoms with Crippen molar-refractivity contribution in [1.29, 1.82) is 0 Å². The molecule has 182 valence electrons. The quantitative estimate of drug-likeness (QED) is 0.583. The molecule has 2 aliphatic rings. The predicted octanol–water partition coefficient (Wildman–Crippen LogP) is 4.46. The summed E-state index contributed by atoms with van der Waals surface area (Å²) in [7, 11) is 2.08. The van der Waals surface area contributed by atoms with Crippen LogP contribution in [0.3, 0.4) is 0 Å². The molecule has 0 unspecified atom stereocenters. The highest BCUT2D eigenvalue weighted by molar-refractivity contribution is 6.39. The van der Waals surface area contributed by atoms with E-state index in [2.05, 4.69) is 11.9 Å². The lowest BCUT2D eigenvalue weighted by atomic mass is 9.75. The van der Waals surface area contributed by atoms with E-state index in [1.807, 2.05) is 35.2 Å². The lowest BCUT2D eigenvalue weighted by molar-refractivity contribution is -0.136. The van der Waals surface area contributed by atoms with Crippen LogP contribution in [0.4, 0.5) is 0 Å². The monoisotopic (exact) mass is 503 g/mol. The fourth-order valence-corrected chi connectivity index (χ4v) is 5.22. The summed E-state index contributed by atoms with van der Waals surface area (Å²) in [6.45, 7) is 4.76. The minimum absolute atomic E-state index is 0.165. The van der Waals surface area contributed by atoms with Gasteiger partial charge in [0.15, 0.2) is 0 Å². The third kappa shape index (κ3) is 5.85. The molecule has 2 aromatic rings. The van der Waals surface area contributed by atoms with Gasteiger partial charge in [0, 0.05) is 51.1 Å². The number of likely N-dealkylation sites (N-methyl/N-ethyl adjacent to an activating group) is 1. The van der Waals surface area contributed by atoms with E-state index in [1.165, 1.54) is 0 Å². The minimum Gasteiger partial charge on any atom is -0.493 e. The summed E-state index contributed by atoms with van der Waals surface area (Å²) in [6, 6.07) is 14.8. The second-order valence-electron chi connectivity index (χ2n) is 9.35. The SMILES string of the molecule is CN1CCN(C(=O)CC2(COc3ccccc3)CCN(C(=O)c3c(Cl)cccc3Cl)CC2)CC1. The van der Waals surface area contributed by atoms with Gasteiger partial charge in [-0.05, 0) is 44.2 Å². The van der Waals surface area contributed by atoms with Crippen molar-refractivity contribution in [2.75, 3.05) is 52.9 Å². The van der Waals surface area contributed by atoms with Gasteiger partial charge in [-0.15, -0.1) is 0 Å². The molecule has 2 amide bonds. The van der Waals surface area contributed by atoms with Crippen LogP contribution >= 0.6 is 23.2 Å². The van der Waals surface area contributed by atoms with Gasteiger partial charge < -0.3 is 19.4 Å². The standard InChI is InChI=1S/C26H31Cl2N3O3/c1-29-14-16-30(17-15-29)23(32)18-26(19-34-20-6-3-2-4-7-20)10-12-31(13-11-26)25(33)24-21(27)8-5-9-22(24)28/h2-9H,10-19H2,1H3. The van der Waals surface area contributed by atoms with Crippen LogP contribution in [0.2, 0.25) is 10.0 Å². The molecule has 2 aromatic carbocycles. The van der Waals surface area contributed by atoms with Crippen molar-refractivity contribution in [3.05, 3.63) is 64.1 Å². The van der Waals surface area contributed by atoms with E-state index in [1.54, 1.807) is 23.1 Å². The highest BCUT2D eigenvalue weighted by atomic mass is 35.5. The van der Waals surface area contributed by atoms with Gasteiger partial charge in [-0.3, -0.25) is 9.59 Å². The first kappa shape index (κ1) is 24.8. The summed E-state index contributed by atoms with van der Waals surface area (Å²) < 4.78 is 6.15. The fraction of sp³-hybridized carbons (Fsp3) is 0.462. The molecule has 0 aromatic heterocycles. The molecular formula is C26H31Cl2N3O3. The summed E-state index contributed by atoms with van der Waals surface area (Å²) in [4.78, 5) is 32.4. The number of hydrogen-bond donors (Lipinski definition) is 0. The van der Waals surface area contributed by atoms with E-state index >= 15 is 0 Å². The first-order chi connectivity index (χ1) is 16.4. The number of likely N-dealkylation sites (tertiary alicyclic amines) is 1. The average Bonchev–Trinajstić information content (AvgIpc) is 2.84. The highest BCUT2D eigenvalue weighted by Gasteiger charge is 2.40. The largest absolute Gasteiger partial charge is 0.493 e. The highest BCUT2D eigenvalue weighted by Crippen LogP contribution is 2.38. The number of amides is 2. The third-order valence-corrected chi connectivity index (χ3v) is 7.59. The maximum absolute atomic E-state index is 13.3. The van der Waals surface area contributed by atoms with Gasteiger partial charge in [-0.2, -0.15) is 0 Å². The van der Waals surface area contributed by atoms with Crippen molar-refractivity contribution in [1.82, 2.24) is 14.7 Å². The lowest BCUT2D eigenvalue weighted by Gasteiger charge is -2.43. The fourth-order valence-electron chi connectivity index (χ4n) is 4.66. The molecule has 0 bridgehead atoms. The Morgan fingerprint density at radius 2 is 1.47 bits per heavy atom. The molecule has 2 fully saturated rings. The molecule has 2 saturated heterocycles. The van der Waals surface area contributed by atoms with E-state index in [0.29, 0.717) is 54.6 Å². The number of nitrogens with zero attached hydrogens (tertiary/aromatic N) is 3. The van der Waals surface area contributed by atoms with E-state index in [9.17, 15) is 9.59 Å². The molecule has 4 rings (SSSR count). The molecule has 2 aliphatic heterocycles. The van der Waals surface area contributed by atoms with Crippen LogP contribution in [-0.4, -0.2) is 79.4 Å². The number of hydrogen-bond acceptors (Lipinski definition) is 4. The molecule has 2 heterocycles. The zero-order valence-electron chi connectivity index (χ0n) is 19.5. The maximum Gasteiger partial charge on any atom is 0.256 e. The Balaban J connectivity index is 1.46. The van der Waals surface area contributed by atoms with Crippen LogP contribution in [0.1, 0.15) is 29.6 Å². The molecular weight excluding hydrogens is 473 g/mol. The Morgan fingerprint density at radius 1 is 0.853 bits per heavy atom. The Labute approximate surface area is 211 Å². The van der Waals surface area contributed by atoms with Gasteiger partial charge in [0.05, 0.1) is 22.2 Å². The van der Waals surface area contributed by atoms with Gasteiger partial charge in [-0.25, -0.2) is 0 Å². The number of piperazine rings is 1. The molecule has 6 nitrogen and oxygen atoms in total. The third-order valence-electron chi connectivity index (χ3n) is 6.96. The number of benzene rings is 2.